The van der Waals surface area contributed by atoms with Crippen LogP contribution in [0.1, 0.15) is 39.1 Å². The summed E-state index contributed by atoms with van der Waals surface area (Å²) in [6, 6.07) is 8.15. The fourth-order valence-corrected chi connectivity index (χ4v) is 3.50. The van der Waals surface area contributed by atoms with Gasteiger partial charge in [-0.1, -0.05) is 23.5 Å². The third-order valence-corrected chi connectivity index (χ3v) is 4.17. The minimum atomic E-state index is 0.0354. The van der Waals surface area contributed by atoms with Crippen LogP contribution in [0.4, 0.5) is 0 Å². The number of nitrogens with zero attached hydrogens (tertiary/aromatic N) is 2. The highest BCUT2D eigenvalue weighted by molar-refractivity contribution is 7.23. The van der Waals surface area contributed by atoms with Crippen molar-refractivity contribution in [2.75, 3.05) is 0 Å². The van der Waals surface area contributed by atoms with Crippen molar-refractivity contribution in [2.24, 2.45) is 0 Å². The molecule has 1 aromatic carbocycles. The number of hydrogen-bond donors (Lipinski definition) is 1. The maximum absolute atomic E-state index is 9.33. The third-order valence-electron chi connectivity index (χ3n) is 3.14. The van der Waals surface area contributed by atoms with Gasteiger partial charge in [0.2, 0.25) is 0 Å². The van der Waals surface area contributed by atoms with Crippen LogP contribution in [0.15, 0.2) is 24.3 Å². The van der Waals surface area contributed by atoms with Crippen molar-refractivity contribution >= 4 is 26.5 Å². The van der Waals surface area contributed by atoms with Crippen LogP contribution in [0.25, 0.3) is 15.2 Å². The lowest BCUT2D eigenvalue weighted by Gasteiger charge is -2.09. The Morgan fingerprint density at radius 2 is 1.82 bits per heavy atom. The molecule has 2 heterocycles. The van der Waals surface area contributed by atoms with E-state index in [1.165, 1.54) is 4.70 Å². The first-order valence-electron chi connectivity index (χ1n) is 7.55. The van der Waals surface area contributed by atoms with E-state index >= 15 is 0 Å². The van der Waals surface area contributed by atoms with Gasteiger partial charge in [-0.2, -0.15) is 0 Å². The van der Waals surface area contributed by atoms with E-state index in [0.717, 1.165) is 21.9 Å². The molecule has 5 heteroatoms. The Kier molecular flexibility index (Phi) is 5.56. The van der Waals surface area contributed by atoms with E-state index in [9.17, 15) is 5.11 Å². The van der Waals surface area contributed by atoms with Gasteiger partial charge in [-0.05, 0) is 46.8 Å². The quantitative estimate of drug-likeness (QED) is 0.788. The Morgan fingerprint density at radius 3 is 2.36 bits per heavy atom. The highest BCUT2D eigenvalue weighted by atomic mass is 32.1. The summed E-state index contributed by atoms with van der Waals surface area (Å²) < 4.78 is 8.49. The lowest BCUT2D eigenvalue weighted by atomic mass is 10.3. The number of aliphatic hydroxyl groups is 1. The number of benzene rings is 1. The molecule has 0 saturated heterocycles. The van der Waals surface area contributed by atoms with Gasteiger partial charge in [-0.3, -0.25) is 4.40 Å². The number of aliphatic hydroxyl groups excluding tert-OH is 1. The smallest absolute Gasteiger partial charge is 0.195 e. The minimum absolute atomic E-state index is 0.0354. The van der Waals surface area contributed by atoms with Gasteiger partial charge in [0.15, 0.2) is 4.96 Å². The van der Waals surface area contributed by atoms with Crippen LogP contribution >= 0.6 is 11.3 Å². The standard InChI is InChI=1S/C11H10N2OS.C6H14O/c1-7-9(6-14)13-8-4-2-3-5-10(8)15-11(13)12-7;1-5(2)7-6(3)4/h2-5,14H,6H2,1H3;5-6H,1-4H3. The molecular weight excluding hydrogens is 296 g/mol. The number of aryl methyl sites for hydroxylation is 1. The number of thiazole rings is 1. The fraction of sp³-hybridized carbons (Fsp3) is 0.471. The van der Waals surface area contributed by atoms with Gasteiger partial charge in [0.25, 0.3) is 0 Å². The van der Waals surface area contributed by atoms with Crippen LogP contribution in [-0.4, -0.2) is 26.7 Å². The highest BCUT2D eigenvalue weighted by Crippen LogP contribution is 2.28. The Hall–Kier alpha value is -1.43. The second kappa shape index (κ2) is 7.22. The third kappa shape index (κ3) is 3.66. The average molecular weight is 320 g/mol. The normalized spacial score (nSPS) is 11.5. The zero-order valence-corrected chi connectivity index (χ0v) is 14.6. The molecule has 0 aliphatic rings. The number of ether oxygens (including phenoxy) is 1. The number of hydrogen-bond acceptors (Lipinski definition) is 4. The molecule has 0 bridgehead atoms. The van der Waals surface area contributed by atoms with Crippen molar-refractivity contribution in [3.63, 3.8) is 0 Å². The summed E-state index contributed by atoms with van der Waals surface area (Å²) in [6.45, 7) is 10.1. The predicted octanol–water partition coefficient (Wildman–Crippen LogP) is 4.17. The molecule has 22 heavy (non-hydrogen) atoms. The first-order chi connectivity index (χ1) is 10.4. The number of fused-ring (bicyclic) bond motifs is 3. The molecule has 0 spiro atoms. The second-order valence-corrected chi connectivity index (χ2v) is 6.73. The summed E-state index contributed by atoms with van der Waals surface area (Å²) >= 11 is 1.65. The first kappa shape index (κ1) is 16.9. The van der Waals surface area contributed by atoms with Gasteiger partial charge < -0.3 is 9.84 Å². The zero-order valence-electron chi connectivity index (χ0n) is 13.8. The molecule has 0 aliphatic heterocycles. The topological polar surface area (TPSA) is 46.8 Å². The highest BCUT2D eigenvalue weighted by Gasteiger charge is 2.12. The van der Waals surface area contributed by atoms with Crippen molar-refractivity contribution in [3.05, 3.63) is 35.7 Å². The second-order valence-electron chi connectivity index (χ2n) is 5.72. The van der Waals surface area contributed by atoms with Crippen molar-refractivity contribution in [1.29, 1.82) is 0 Å². The van der Waals surface area contributed by atoms with Gasteiger partial charge >= 0.3 is 0 Å². The van der Waals surface area contributed by atoms with Crippen LogP contribution in [-0.2, 0) is 11.3 Å². The SMILES string of the molecule is CC(C)OC(C)C.Cc1nc2sc3ccccc3n2c1CO. The summed E-state index contributed by atoms with van der Waals surface area (Å²) in [6.07, 6.45) is 0.750. The van der Waals surface area contributed by atoms with E-state index in [1.54, 1.807) is 11.3 Å². The summed E-state index contributed by atoms with van der Waals surface area (Å²) in [5.74, 6) is 0. The molecule has 3 rings (SSSR count). The lowest BCUT2D eigenvalue weighted by Crippen LogP contribution is -2.09. The van der Waals surface area contributed by atoms with E-state index in [2.05, 4.69) is 17.1 Å². The zero-order chi connectivity index (χ0) is 16.3. The maximum Gasteiger partial charge on any atom is 0.195 e. The van der Waals surface area contributed by atoms with Gasteiger partial charge in [-0.15, -0.1) is 0 Å². The van der Waals surface area contributed by atoms with Crippen molar-refractivity contribution in [2.45, 2.75) is 53.4 Å². The van der Waals surface area contributed by atoms with Crippen LogP contribution in [0.3, 0.4) is 0 Å². The summed E-state index contributed by atoms with van der Waals surface area (Å²) in [5, 5.41) is 9.33. The van der Waals surface area contributed by atoms with Gasteiger partial charge in [0.05, 0.1) is 40.4 Å². The number of para-hydroxylation sites is 1. The molecule has 120 valence electrons. The molecule has 0 saturated carbocycles. The minimum Gasteiger partial charge on any atom is -0.390 e. The van der Waals surface area contributed by atoms with Gasteiger partial charge in [0.1, 0.15) is 0 Å². The van der Waals surface area contributed by atoms with E-state index in [4.69, 9.17) is 4.74 Å². The predicted molar refractivity (Wildman–Crippen MR) is 92.6 cm³/mol. The fourth-order valence-electron chi connectivity index (χ4n) is 2.41. The molecule has 0 radical (unpaired) electrons. The molecular formula is C17H24N2O2S. The monoisotopic (exact) mass is 320 g/mol. The largest absolute Gasteiger partial charge is 0.390 e. The Labute approximate surface area is 135 Å². The lowest BCUT2D eigenvalue weighted by molar-refractivity contribution is 0.0300. The summed E-state index contributed by atoms with van der Waals surface area (Å²) in [7, 11) is 0. The number of rotatable bonds is 3. The molecule has 0 fully saturated rings. The van der Waals surface area contributed by atoms with Crippen LogP contribution < -0.4 is 0 Å². The van der Waals surface area contributed by atoms with E-state index in [1.807, 2.05) is 51.2 Å². The molecule has 4 nitrogen and oxygen atoms in total. The van der Waals surface area contributed by atoms with Gasteiger partial charge in [-0.25, -0.2) is 4.98 Å². The first-order valence-corrected chi connectivity index (χ1v) is 8.37. The van der Waals surface area contributed by atoms with E-state index in [-0.39, 0.29) is 6.61 Å². The average Bonchev–Trinajstić information content (AvgIpc) is 2.91. The summed E-state index contributed by atoms with van der Waals surface area (Å²) in [5.41, 5.74) is 2.93. The van der Waals surface area contributed by atoms with Crippen molar-refractivity contribution in [1.82, 2.24) is 9.38 Å². The van der Waals surface area contributed by atoms with Gasteiger partial charge in [0, 0.05) is 0 Å². The molecule has 0 unspecified atom stereocenters. The number of aromatic nitrogens is 2. The van der Waals surface area contributed by atoms with E-state index < -0.39 is 0 Å². The van der Waals surface area contributed by atoms with Crippen LogP contribution in [0.5, 0.6) is 0 Å². The molecule has 2 aromatic heterocycles. The van der Waals surface area contributed by atoms with Crippen LogP contribution in [0, 0.1) is 6.92 Å². The molecule has 0 atom stereocenters. The molecule has 0 amide bonds. The van der Waals surface area contributed by atoms with Crippen molar-refractivity contribution < 1.29 is 9.84 Å². The molecule has 1 N–H and O–H groups in total. The van der Waals surface area contributed by atoms with Crippen molar-refractivity contribution in [3.8, 4) is 0 Å². The van der Waals surface area contributed by atoms with Crippen LogP contribution in [0.2, 0.25) is 0 Å². The maximum atomic E-state index is 9.33. The summed E-state index contributed by atoms with van der Waals surface area (Å²) in [4.78, 5) is 5.40. The Bertz CT molecular complexity index is 738. The Morgan fingerprint density at radius 1 is 1.18 bits per heavy atom. The number of imidazole rings is 1. The molecule has 0 aliphatic carbocycles. The van der Waals surface area contributed by atoms with E-state index in [0.29, 0.717) is 12.2 Å². The molecule has 3 aromatic rings. The Balaban J connectivity index is 0.000000217.